The Kier molecular flexibility index (Phi) is 4.88. The van der Waals surface area contributed by atoms with Gasteiger partial charge in [-0.3, -0.25) is 0 Å². The van der Waals surface area contributed by atoms with Gasteiger partial charge in [-0.2, -0.15) is 18.2 Å². The Labute approximate surface area is 150 Å². The summed E-state index contributed by atoms with van der Waals surface area (Å²) in [5.41, 5.74) is 0.162. The van der Waals surface area contributed by atoms with Gasteiger partial charge in [-0.1, -0.05) is 0 Å². The third kappa shape index (κ3) is 3.97. The minimum atomic E-state index is -4.36. The van der Waals surface area contributed by atoms with Gasteiger partial charge in [0.15, 0.2) is 0 Å². The van der Waals surface area contributed by atoms with Gasteiger partial charge in [0.25, 0.3) is 0 Å². The number of hydrogen-bond donors (Lipinski definition) is 0. The number of hydrogen-bond acceptors (Lipinski definition) is 6. The van der Waals surface area contributed by atoms with Crippen molar-refractivity contribution in [1.82, 2.24) is 15.0 Å². The number of piperazine rings is 1. The molecule has 2 aromatic heterocycles. The number of aryl methyl sites for hydroxylation is 1. The van der Waals surface area contributed by atoms with Crippen LogP contribution in [0.25, 0.3) is 0 Å². The SMILES string of the molecule is Cc1cc(N(C)C)nc(N2CCN(c3ccc(C(F)(F)F)cn3)CC2)n1. The maximum atomic E-state index is 12.6. The monoisotopic (exact) mass is 366 g/mol. The van der Waals surface area contributed by atoms with Gasteiger partial charge in [-0.05, 0) is 19.1 Å². The van der Waals surface area contributed by atoms with Crippen LogP contribution in [0.1, 0.15) is 11.3 Å². The fraction of sp³-hybridized carbons (Fsp3) is 0.471. The molecular weight excluding hydrogens is 345 g/mol. The number of halogens is 3. The van der Waals surface area contributed by atoms with E-state index in [1.165, 1.54) is 6.07 Å². The smallest absolute Gasteiger partial charge is 0.363 e. The summed E-state index contributed by atoms with van der Waals surface area (Å²) in [4.78, 5) is 19.0. The predicted octanol–water partition coefficient (Wildman–Crippen LogP) is 2.59. The van der Waals surface area contributed by atoms with Crippen molar-refractivity contribution in [3.8, 4) is 0 Å². The molecule has 0 unspecified atom stereocenters. The summed E-state index contributed by atoms with van der Waals surface area (Å²) < 4.78 is 37.9. The highest BCUT2D eigenvalue weighted by molar-refractivity contribution is 5.47. The van der Waals surface area contributed by atoms with Gasteiger partial charge >= 0.3 is 6.18 Å². The van der Waals surface area contributed by atoms with E-state index in [0.717, 1.165) is 23.8 Å². The topological polar surface area (TPSA) is 48.4 Å². The molecule has 0 atom stereocenters. The van der Waals surface area contributed by atoms with Crippen LogP contribution in [-0.4, -0.2) is 55.2 Å². The Morgan fingerprint density at radius 1 is 1.00 bits per heavy atom. The Bertz CT molecular complexity index is 752. The van der Waals surface area contributed by atoms with E-state index in [2.05, 4.69) is 19.9 Å². The van der Waals surface area contributed by atoms with Gasteiger partial charge < -0.3 is 14.7 Å². The fourth-order valence-corrected chi connectivity index (χ4v) is 2.78. The molecule has 2 aromatic rings. The second kappa shape index (κ2) is 6.97. The molecule has 9 heteroatoms. The predicted molar refractivity (Wildman–Crippen MR) is 94.8 cm³/mol. The van der Waals surface area contributed by atoms with Crippen molar-refractivity contribution in [3.63, 3.8) is 0 Å². The van der Waals surface area contributed by atoms with Crippen molar-refractivity contribution in [3.05, 3.63) is 35.7 Å². The average Bonchev–Trinajstić information content (AvgIpc) is 2.61. The first-order valence-corrected chi connectivity index (χ1v) is 8.30. The van der Waals surface area contributed by atoms with Crippen molar-refractivity contribution >= 4 is 17.6 Å². The number of aromatic nitrogens is 3. The lowest BCUT2D eigenvalue weighted by molar-refractivity contribution is -0.137. The number of alkyl halides is 3. The molecule has 0 amide bonds. The van der Waals surface area contributed by atoms with E-state index in [9.17, 15) is 13.2 Å². The maximum absolute atomic E-state index is 12.6. The van der Waals surface area contributed by atoms with Gasteiger partial charge in [0.2, 0.25) is 5.95 Å². The van der Waals surface area contributed by atoms with Gasteiger partial charge in [0, 0.05) is 58.2 Å². The number of anilines is 3. The maximum Gasteiger partial charge on any atom is 0.417 e. The Hall–Kier alpha value is -2.58. The van der Waals surface area contributed by atoms with E-state index in [-0.39, 0.29) is 0 Å². The van der Waals surface area contributed by atoms with Gasteiger partial charge in [-0.25, -0.2) is 9.97 Å². The number of nitrogens with zero attached hydrogens (tertiary/aromatic N) is 6. The minimum absolute atomic E-state index is 0.553. The van der Waals surface area contributed by atoms with Crippen molar-refractivity contribution < 1.29 is 13.2 Å². The standard InChI is InChI=1S/C17H21F3N6/c1-12-10-15(24(2)3)23-16(22-12)26-8-6-25(7-9-26)14-5-4-13(11-21-14)17(18,19)20/h4-5,10-11H,6-9H2,1-3H3. The Morgan fingerprint density at radius 3 is 2.19 bits per heavy atom. The van der Waals surface area contributed by atoms with Crippen LogP contribution >= 0.6 is 0 Å². The molecule has 26 heavy (non-hydrogen) atoms. The summed E-state index contributed by atoms with van der Waals surface area (Å²) in [6.45, 7) is 4.58. The van der Waals surface area contributed by atoms with E-state index in [0.29, 0.717) is 37.9 Å². The lowest BCUT2D eigenvalue weighted by Gasteiger charge is -2.35. The van der Waals surface area contributed by atoms with Crippen LogP contribution in [0.5, 0.6) is 0 Å². The van der Waals surface area contributed by atoms with Gasteiger partial charge in [0.05, 0.1) is 5.56 Å². The highest BCUT2D eigenvalue weighted by Gasteiger charge is 2.31. The molecule has 1 fully saturated rings. The summed E-state index contributed by atoms with van der Waals surface area (Å²) in [6, 6.07) is 4.42. The van der Waals surface area contributed by atoms with E-state index in [1.54, 1.807) is 0 Å². The zero-order valence-corrected chi connectivity index (χ0v) is 15.0. The summed E-state index contributed by atoms with van der Waals surface area (Å²) in [5, 5.41) is 0. The number of rotatable bonds is 3. The van der Waals surface area contributed by atoms with Gasteiger partial charge in [0.1, 0.15) is 11.6 Å². The van der Waals surface area contributed by atoms with Crippen molar-refractivity contribution in [1.29, 1.82) is 0 Å². The quantitative estimate of drug-likeness (QED) is 0.832. The van der Waals surface area contributed by atoms with E-state index >= 15 is 0 Å². The van der Waals surface area contributed by atoms with E-state index in [4.69, 9.17) is 0 Å². The third-order valence-corrected chi connectivity index (χ3v) is 4.25. The zero-order valence-electron chi connectivity index (χ0n) is 15.0. The molecular formula is C17H21F3N6. The Balaban J connectivity index is 1.68. The second-order valence-corrected chi connectivity index (χ2v) is 6.44. The molecule has 1 saturated heterocycles. The molecule has 0 N–H and O–H groups in total. The molecule has 3 rings (SSSR count). The summed E-state index contributed by atoms with van der Waals surface area (Å²) in [5.74, 6) is 2.07. The summed E-state index contributed by atoms with van der Waals surface area (Å²) >= 11 is 0. The van der Waals surface area contributed by atoms with Crippen LogP contribution in [0.15, 0.2) is 24.4 Å². The highest BCUT2D eigenvalue weighted by Crippen LogP contribution is 2.29. The summed E-state index contributed by atoms with van der Waals surface area (Å²) in [6.07, 6.45) is -3.48. The molecule has 0 bridgehead atoms. The molecule has 140 valence electrons. The molecule has 0 radical (unpaired) electrons. The molecule has 0 spiro atoms. The van der Waals surface area contributed by atoms with Crippen LogP contribution in [0.4, 0.5) is 30.8 Å². The fourth-order valence-electron chi connectivity index (χ4n) is 2.78. The van der Waals surface area contributed by atoms with Crippen molar-refractivity contribution in [2.24, 2.45) is 0 Å². The highest BCUT2D eigenvalue weighted by atomic mass is 19.4. The van der Waals surface area contributed by atoms with Crippen LogP contribution in [0.3, 0.4) is 0 Å². The Morgan fingerprint density at radius 2 is 1.65 bits per heavy atom. The van der Waals surface area contributed by atoms with Crippen molar-refractivity contribution in [2.45, 2.75) is 13.1 Å². The molecule has 1 aliphatic heterocycles. The van der Waals surface area contributed by atoms with Crippen LogP contribution < -0.4 is 14.7 Å². The molecule has 0 aliphatic carbocycles. The lowest BCUT2D eigenvalue weighted by Crippen LogP contribution is -2.47. The van der Waals surface area contributed by atoms with E-state index < -0.39 is 11.7 Å². The molecule has 6 nitrogen and oxygen atoms in total. The van der Waals surface area contributed by atoms with E-state index in [1.807, 2.05) is 36.9 Å². The molecule has 0 saturated carbocycles. The first-order chi connectivity index (χ1) is 12.2. The second-order valence-electron chi connectivity index (χ2n) is 6.44. The summed E-state index contributed by atoms with van der Waals surface area (Å²) in [7, 11) is 3.86. The zero-order chi connectivity index (χ0) is 18.9. The lowest BCUT2D eigenvalue weighted by atomic mass is 10.2. The first kappa shape index (κ1) is 18.2. The van der Waals surface area contributed by atoms with Crippen LogP contribution in [-0.2, 0) is 6.18 Å². The molecule has 0 aromatic carbocycles. The van der Waals surface area contributed by atoms with Crippen molar-refractivity contribution in [2.75, 3.05) is 55.0 Å². The van der Waals surface area contributed by atoms with Crippen LogP contribution in [0.2, 0.25) is 0 Å². The minimum Gasteiger partial charge on any atom is -0.363 e. The molecule has 3 heterocycles. The normalized spacial score (nSPS) is 15.3. The third-order valence-electron chi connectivity index (χ3n) is 4.25. The largest absolute Gasteiger partial charge is 0.417 e. The van der Waals surface area contributed by atoms with Crippen LogP contribution in [0, 0.1) is 6.92 Å². The average molecular weight is 366 g/mol. The number of pyridine rings is 1. The molecule has 1 aliphatic rings. The van der Waals surface area contributed by atoms with Gasteiger partial charge in [-0.15, -0.1) is 0 Å². The first-order valence-electron chi connectivity index (χ1n) is 8.30.